The van der Waals surface area contributed by atoms with E-state index in [1.807, 2.05) is 18.2 Å². The molecule has 1 aromatic rings. The van der Waals surface area contributed by atoms with Gasteiger partial charge >= 0.3 is 0 Å². The van der Waals surface area contributed by atoms with Crippen molar-refractivity contribution in [3.8, 4) is 0 Å². The van der Waals surface area contributed by atoms with Crippen LogP contribution in [0.1, 0.15) is 42.1 Å². The molecule has 1 N–H and O–H groups in total. The van der Waals surface area contributed by atoms with E-state index in [4.69, 9.17) is 0 Å². The van der Waals surface area contributed by atoms with Crippen molar-refractivity contribution >= 4 is 21.3 Å². The van der Waals surface area contributed by atoms with Crippen molar-refractivity contribution in [1.29, 1.82) is 0 Å². The van der Waals surface area contributed by atoms with Crippen molar-refractivity contribution in [2.75, 3.05) is 23.4 Å². The van der Waals surface area contributed by atoms with Gasteiger partial charge in [-0.25, -0.2) is 8.42 Å². The number of rotatable bonds is 6. The minimum atomic E-state index is -2.97. The second kappa shape index (κ2) is 6.39. The highest BCUT2D eigenvalue weighted by atomic mass is 32.2. The lowest BCUT2D eigenvalue weighted by Crippen LogP contribution is -2.13. The standard InChI is InChI=1S/C15H21NO3S/c1-2-20(18,19)10-4-6-15(17)13-7-8-14-12(11-13)5-3-9-16-14/h7-8,11,16H,2-6,9-10H2,1H3. The number of aryl methyl sites for hydroxylation is 1. The third kappa shape index (κ3) is 3.82. The molecule has 0 fully saturated rings. The highest BCUT2D eigenvalue weighted by Gasteiger charge is 2.14. The van der Waals surface area contributed by atoms with E-state index in [9.17, 15) is 13.2 Å². The van der Waals surface area contributed by atoms with Crippen LogP contribution < -0.4 is 5.32 Å². The highest BCUT2D eigenvalue weighted by Crippen LogP contribution is 2.23. The molecule has 1 aliphatic rings. The summed E-state index contributed by atoms with van der Waals surface area (Å²) in [5.41, 5.74) is 2.99. The maximum Gasteiger partial charge on any atom is 0.162 e. The molecule has 1 heterocycles. The predicted molar refractivity (Wildman–Crippen MR) is 81.1 cm³/mol. The van der Waals surface area contributed by atoms with E-state index in [1.165, 1.54) is 5.56 Å². The van der Waals surface area contributed by atoms with Crippen molar-refractivity contribution in [1.82, 2.24) is 0 Å². The first kappa shape index (κ1) is 15.0. The largest absolute Gasteiger partial charge is 0.385 e. The average Bonchev–Trinajstić information content (AvgIpc) is 2.46. The van der Waals surface area contributed by atoms with Crippen LogP contribution in [-0.2, 0) is 16.3 Å². The molecular weight excluding hydrogens is 274 g/mol. The normalized spacial score (nSPS) is 14.4. The fraction of sp³-hybridized carbons (Fsp3) is 0.533. The van der Waals surface area contributed by atoms with Gasteiger partial charge in [-0.2, -0.15) is 0 Å². The van der Waals surface area contributed by atoms with E-state index in [-0.39, 0.29) is 17.3 Å². The number of Topliss-reactive ketones (excluding diaryl/α,β-unsaturated/α-hetero) is 1. The topological polar surface area (TPSA) is 63.2 Å². The Morgan fingerprint density at radius 2 is 2.15 bits per heavy atom. The molecule has 0 aliphatic carbocycles. The number of hydrogen-bond acceptors (Lipinski definition) is 4. The summed E-state index contributed by atoms with van der Waals surface area (Å²) >= 11 is 0. The molecule has 20 heavy (non-hydrogen) atoms. The summed E-state index contributed by atoms with van der Waals surface area (Å²) < 4.78 is 22.8. The highest BCUT2D eigenvalue weighted by molar-refractivity contribution is 7.91. The molecule has 5 heteroatoms. The van der Waals surface area contributed by atoms with Crippen LogP contribution in [0.3, 0.4) is 0 Å². The number of benzene rings is 1. The molecule has 0 bridgehead atoms. The van der Waals surface area contributed by atoms with Crippen molar-refractivity contribution in [3.63, 3.8) is 0 Å². The molecule has 4 nitrogen and oxygen atoms in total. The summed E-state index contributed by atoms with van der Waals surface area (Å²) in [7, 11) is -2.97. The Bertz CT molecular complexity index is 593. The summed E-state index contributed by atoms with van der Waals surface area (Å²) in [5.74, 6) is 0.276. The zero-order valence-corrected chi connectivity index (χ0v) is 12.6. The van der Waals surface area contributed by atoms with Gasteiger partial charge in [0.15, 0.2) is 5.78 Å². The second-order valence-electron chi connectivity index (χ2n) is 5.17. The van der Waals surface area contributed by atoms with Gasteiger partial charge in [-0.1, -0.05) is 6.92 Å². The Morgan fingerprint density at radius 1 is 1.35 bits per heavy atom. The van der Waals surface area contributed by atoms with Gasteiger partial charge < -0.3 is 5.32 Å². The fourth-order valence-corrected chi connectivity index (χ4v) is 3.26. The summed E-state index contributed by atoms with van der Waals surface area (Å²) in [4.78, 5) is 12.1. The number of sulfone groups is 1. The van der Waals surface area contributed by atoms with Crippen LogP contribution in [0, 0.1) is 0 Å². The number of ketones is 1. The first-order valence-corrected chi connectivity index (χ1v) is 8.94. The maximum atomic E-state index is 12.1. The molecule has 1 aliphatic heterocycles. The van der Waals surface area contributed by atoms with Crippen molar-refractivity contribution < 1.29 is 13.2 Å². The average molecular weight is 295 g/mol. The summed E-state index contributed by atoms with van der Waals surface area (Å²) in [5, 5.41) is 3.31. The van der Waals surface area contributed by atoms with Crippen LogP contribution in [-0.4, -0.2) is 32.3 Å². The number of fused-ring (bicyclic) bond motifs is 1. The third-order valence-electron chi connectivity index (χ3n) is 3.66. The molecular formula is C15H21NO3S. The zero-order chi connectivity index (χ0) is 14.6. The first-order valence-electron chi connectivity index (χ1n) is 7.12. The molecule has 0 unspecified atom stereocenters. The molecule has 1 aromatic carbocycles. The number of nitrogens with one attached hydrogen (secondary N) is 1. The Hall–Kier alpha value is -1.36. The van der Waals surface area contributed by atoms with E-state index >= 15 is 0 Å². The summed E-state index contributed by atoms with van der Waals surface area (Å²) in [6, 6.07) is 5.72. The lowest BCUT2D eigenvalue weighted by Gasteiger charge is -2.18. The van der Waals surface area contributed by atoms with Gasteiger partial charge in [-0.05, 0) is 43.0 Å². The molecule has 0 aromatic heterocycles. The molecule has 0 radical (unpaired) electrons. The van der Waals surface area contributed by atoms with Crippen molar-refractivity contribution in [2.45, 2.75) is 32.6 Å². The summed E-state index contributed by atoms with van der Waals surface area (Å²) in [6.45, 7) is 2.61. The van der Waals surface area contributed by atoms with Gasteiger partial charge in [0.1, 0.15) is 9.84 Å². The lowest BCUT2D eigenvalue weighted by atomic mass is 9.98. The van der Waals surface area contributed by atoms with Gasteiger partial charge in [0, 0.05) is 30.0 Å². The van der Waals surface area contributed by atoms with Crippen LogP contribution in [0.5, 0.6) is 0 Å². The Kier molecular flexibility index (Phi) is 4.81. The molecule has 0 amide bonds. The van der Waals surface area contributed by atoms with Crippen LogP contribution >= 0.6 is 0 Å². The monoisotopic (exact) mass is 295 g/mol. The molecule has 0 atom stereocenters. The Labute approximate surface area is 120 Å². The van der Waals surface area contributed by atoms with E-state index in [2.05, 4.69) is 5.32 Å². The van der Waals surface area contributed by atoms with Gasteiger partial charge in [0.25, 0.3) is 0 Å². The molecule has 0 saturated carbocycles. The number of carbonyl (C=O) groups is 1. The van der Waals surface area contributed by atoms with Gasteiger partial charge in [-0.15, -0.1) is 0 Å². The number of hydrogen-bond donors (Lipinski definition) is 1. The van der Waals surface area contributed by atoms with Crippen molar-refractivity contribution in [3.05, 3.63) is 29.3 Å². The van der Waals surface area contributed by atoms with Crippen LogP contribution in [0.2, 0.25) is 0 Å². The molecule has 110 valence electrons. The van der Waals surface area contributed by atoms with E-state index < -0.39 is 9.84 Å². The zero-order valence-electron chi connectivity index (χ0n) is 11.8. The second-order valence-corrected chi connectivity index (χ2v) is 7.64. The Balaban J connectivity index is 1.96. The van der Waals surface area contributed by atoms with Gasteiger partial charge in [0.2, 0.25) is 0 Å². The number of anilines is 1. The fourth-order valence-electron chi connectivity index (χ4n) is 2.39. The van der Waals surface area contributed by atoms with Crippen molar-refractivity contribution in [2.24, 2.45) is 0 Å². The minimum absolute atomic E-state index is 0.0321. The van der Waals surface area contributed by atoms with Crippen LogP contribution in [0.15, 0.2) is 18.2 Å². The van der Waals surface area contributed by atoms with Gasteiger partial charge in [-0.3, -0.25) is 4.79 Å². The summed E-state index contributed by atoms with van der Waals surface area (Å²) in [6.07, 6.45) is 2.78. The third-order valence-corrected chi connectivity index (χ3v) is 5.45. The molecule has 2 rings (SSSR count). The van der Waals surface area contributed by atoms with E-state index in [0.717, 1.165) is 25.1 Å². The maximum absolute atomic E-state index is 12.1. The Morgan fingerprint density at radius 3 is 2.90 bits per heavy atom. The van der Waals surface area contributed by atoms with E-state index in [1.54, 1.807) is 6.92 Å². The lowest BCUT2D eigenvalue weighted by molar-refractivity contribution is 0.0982. The molecule has 0 spiro atoms. The van der Waals surface area contributed by atoms with Crippen LogP contribution in [0.4, 0.5) is 5.69 Å². The predicted octanol–water partition coefficient (Wildman–Crippen LogP) is 2.44. The SMILES string of the molecule is CCS(=O)(=O)CCCC(=O)c1ccc2c(c1)CCCN2. The van der Waals surface area contributed by atoms with Crippen LogP contribution in [0.25, 0.3) is 0 Å². The molecule has 0 saturated heterocycles. The van der Waals surface area contributed by atoms with E-state index in [0.29, 0.717) is 18.4 Å². The van der Waals surface area contributed by atoms with Gasteiger partial charge in [0.05, 0.1) is 5.75 Å². The smallest absolute Gasteiger partial charge is 0.162 e. The first-order chi connectivity index (χ1) is 9.52. The quantitative estimate of drug-likeness (QED) is 0.819. The minimum Gasteiger partial charge on any atom is -0.385 e. The number of carbonyl (C=O) groups excluding carboxylic acids is 1.